The van der Waals surface area contributed by atoms with Gasteiger partial charge >= 0.3 is 5.97 Å². The molecule has 1 N–H and O–H groups in total. The van der Waals surface area contributed by atoms with Crippen molar-refractivity contribution < 1.29 is 28.8 Å². The van der Waals surface area contributed by atoms with Crippen molar-refractivity contribution >= 4 is 40.6 Å². The Balaban J connectivity index is 2.33. The van der Waals surface area contributed by atoms with Crippen LogP contribution in [0.1, 0.15) is 31.1 Å². The average molecular weight is 449 g/mol. The van der Waals surface area contributed by atoms with Crippen LogP contribution < -0.4 is 10.1 Å². The van der Waals surface area contributed by atoms with Crippen molar-refractivity contribution in [3.63, 3.8) is 0 Å². The van der Waals surface area contributed by atoms with Gasteiger partial charge in [0, 0.05) is 17.5 Å². The fraction of sp³-hybridized carbons (Fsp3) is 0.286. The standard InChI is InChI=1S/C21H21ClN2O7/c1-21(2,3)18(25)17(31-14-8-5-12(6-9-14)20(27)30-4)19(26)23-16-11-13(24(28)29)7-10-15(16)22/h5-11,17H,1-4H3,(H,23,26)/t17-/m0/s1. The van der Waals surface area contributed by atoms with Gasteiger partial charge in [0.1, 0.15) is 5.75 Å². The molecule has 0 saturated heterocycles. The summed E-state index contributed by atoms with van der Waals surface area (Å²) in [5.41, 5.74) is -0.975. The van der Waals surface area contributed by atoms with Gasteiger partial charge in [-0.3, -0.25) is 19.7 Å². The maximum Gasteiger partial charge on any atom is 0.337 e. The fourth-order valence-corrected chi connectivity index (χ4v) is 2.63. The molecule has 9 nitrogen and oxygen atoms in total. The first kappa shape index (κ1) is 23.8. The fourth-order valence-electron chi connectivity index (χ4n) is 2.46. The molecule has 0 aromatic heterocycles. The summed E-state index contributed by atoms with van der Waals surface area (Å²) in [5, 5.41) is 13.5. The zero-order valence-corrected chi connectivity index (χ0v) is 18.1. The first-order valence-corrected chi connectivity index (χ1v) is 9.46. The van der Waals surface area contributed by atoms with Gasteiger partial charge in [0.2, 0.25) is 6.10 Å². The van der Waals surface area contributed by atoms with Gasteiger partial charge in [0.15, 0.2) is 5.78 Å². The molecule has 0 unspecified atom stereocenters. The molecule has 1 amide bonds. The van der Waals surface area contributed by atoms with Crippen LogP contribution in [0.15, 0.2) is 42.5 Å². The number of carbonyl (C=O) groups excluding carboxylic acids is 3. The van der Waals surface area contributed by atoms with Gasteiger partial charge in [0.05, 0.1) is 28.3 Å². The number of anilines is 1. The number of amides is 1. The van der Waals surface area contributed by atoms with Crippen LogP contribution in [0.25, 0.3) is 0 Å². The first-order valence-electron chi connectivity index (χ1n) is 9.08. The zero-order chi connectivity index (χ0) is 23.3. The summed E-state index contributed by atoms with van der Waals surface area (Å²) in [7, 11) is 1.24. The predicted molar refractivity (Wildman–Crippen MR) is 113 cm³/mol. The maximum atomic E-state index is 12.9. The molecule has 0 spiro atoms. The highest BCUT2D eigenvalue weighted by Crippen LogP contribution is 2.28. The topological polar surface area (TPSA) is 125 Å². The molecular weight excluding hydrogens is 428 g/mol. The number of rotatable bonds is 7. The van der Waals surface area contributed by atoms with E-state index in [0.717, 1.165) is 6.07 Å². The summed E-state index contributed by atoms with van der Waals surface area (Å²) in [5.74, 6) is -1.76. The third kappa shape index (κ3) is 6.02. The highest BCUT2D eigenvalue weighted by atomic mass is 35.5. The molecular formula is C21H21ClN2O7. The van der Waals surface area contributed by atoms with Crippen LogP contribution in [0.5, 0.6) is 5.75 Å². The van der Waals surface area contributed by atoms with E-state index in [4.69, 9.17) is 16.3 Å². The quantitative estimate of drug-likeness (QED) is 0.293. The van der Waals surface area contributed by atoms with Crippen molar-refractivity contribution in [2.75, 3.05) is 12.4 Å². The third-order valence-electron chi connectivity index (χ3n) is 4.16. The minimum atomic E-state index is -1.57. The zero-order valence-electron chi connectivity index (χ0n) is 17.3. The largest absolute Gasteiger partial charge is 0.473 e. The monoisotopic (exact) mass is 448 g/mol. The summed E-state index contributed by atoms with van der Waals surface area (Å²) in [6, 6.07) is 9.23. The molecule has 0 heterocycles. The second-order valence-electron chi connectivity index (χ2n) is 7.54. The summed E-state index contributed by atoms with van der Waals surface area (Å²) < 4.78 is 10.3. The Bertz CT molecular complexity index is 1010. The van der Waals surface area contributed by atoms with Crippen molar-refractivity contribution in [3.8, 4) is 5.75 Å². The summed E-state index contributed by atoms with van der Waals surface area (Å²) >= 11 is 6.03. The number of methoxy groups -OCH3 is 1. The number of halogens is 1. The number of esters is 1. The van der Waals surface area contributed by atoms with Crippen LogP contribution in [-0.4, -0.2) is 35.8 Å². The number of nitro benzene ring substituents is 1. The third-order valence-corrected chi connectivity index (χ3v) is 4.49. The van der Waals surface area contributed by atoms with Crippen molar-refractivity contribution in [3.05, 3.63) is 63.2 Å². The lowest BCUT2D eigenvalue weighted by Crippen LogP contribution is -2.45. The van der Waals surface area contributed by atoms with E-state index in [1.807, 2.05) is 0 Å². The number of nitrogens with one attached hydrogen (secondary N) is 1. The highest BCUT2D eigenvalue weighted by Gasteiger charge is 2.37. The predicted octanol–water partition coefficient (Wildman–Crippen LogP) is 4.04. The molecule has 0 saturated carbocycles. The average Bonchev–Trinajstić information content (AvgIpc) is 2.72. The van der Waals surface area contributed by atoms with Gasteiger partial charge in [0.25, 0.3) is 11.6 Å². The molecule has 164 valence electrons. The molecule has 0 fully saturated rings. The van der Waals surface area contributed by atoms with Crippen LogP contribution in [0.2, 0.25) is 5.02 Å². The number of ether oxygens (including phenoxy) is 2. The number of hydrogen-bond acceptors (Lipinski definition) is 7. The molecule has 0 radical (unpaired) electrons. The van der Waals surface area contributed by atoms with Gasteiger partial charge in [-0.05, 0) is 30.3 Å². The number of carbonyl (C=O) groups is 3. The van der Waals surface area contributed by atoms with Crippen LogP contribution in [-0.2, 0) is 14.3 Å². The van der Waals surface area contributed by atoms with E-state index in [-0.39, 0.29) is 27.7 Å². The van der Waals surface area contributed by atoms with E-state index < -0.39 is 34.1 Å². The first-order chi connectivity index (χ1) is 14.4. The van der Waals surface area contributed by atoms with Gasteiger partial charge in [-0.2, -0.15) is 0 Å². The Morgan fingerprint density at radius 1 is 1.10 bits per heavy atom. The number of nitro groups is 1. The van der Waals surface area contributed by atoms with E-state index >= 15 is 0 Å². The van der Waals surface area contributed by atoms with Gasteiger partial charge in [-0.25, -0.2) is 4.79 Å². The number of Topliss-reactive ketones (excluding diaryl/α,β-unsaturated/α-hetero) is 1. The molecule has 0 bridgehead atoms. The Morgan fingerprint density at radius 3 is 2.23 bits per heavy atom. The van der Waals surface area contributed by atoms with E-state index in [1.165, 1.54) is 43.5 Å². The van der Waals surface area contributed by atoms with Crippen LogP contribution in [0, 0.1) is 15.5 Å². The Labute approximate surface area is 183 Å². The van der Waals surface area contributed by atoms with Crippen LogP contribution >= 0.6 is 11.6 Å². The second kappa shape index (κ2) is 9.57. The van der Waals surface area contributed by atoms with Crippen molar-refractivity contribution in [1.29, 1.82) is 0 Å². The number of nitrogens with zero attached hydrogens (tertiary/aromatic N) is 1. The Hall–Kier alpha value is -3.46. The van der Waals surface area contributed by atoms with Crippen LogP contribution in [0.4, 0.5) is 11.4 Å². The maximum absolute atomic E-state index is 12.9. The van der Waals surface area contributed by atoms with E-state index in [1.54, 1.807) is 20.8 Å². The SMILES string of the molecule is COC(=O)c1ccc(O[C@H](C(=O)Nc2cc([N+](=O)[O-])ccc2Cl)C(=O)C(C)(C)C)cc1. The molecule has 2 aromatic carbocycles. The van der Waals surface area contributed by atoms with Gasteiger partial charge in [-0.15, -0.1) is 0 Å². The molecule has 2 aromatic rings. The minimum absolute atomic E-state index is 0.0304. The number of non-ortho nitro benzene ring substituents is 1. The molecule has 10 heteroatoms. The highest BCUT2D eigenvalue weighted by molar-refractivity contribution is 6.34. The molecule has 1 atom stereocenters. The van der Waals surface area contributed by atoms with E-state index in [9.17, 15) is 24.5 Å². The smallest absolute Gasteiger partial charge is 0.337 e. The Morgan fingerprint density at radius 2 is 1.71 bits per heavy atom. The van der Waals surface area contributed by atoms with E-state index in [2.05, 4.69) is 10.1 Å². The van der Waals surface area contributed by atoms with Crippen molar-refractivity contribution in [2.45, 2.75) is 26.9 Å². The van der Waals surface area contributed by atoms with Gasteiger partial charge < -0.3 is 14.8 Å². The molecule has 0 aliphatic carbocycles. The summed E-state index contributed by atoms with van der Waals surface area (Å²) in [4.78, 5) is 47.7. The number of hydrogen-bond donors (Lipinski definition) is 1. The molecule has 31 heavy (non-hydrogen) atoms. The van der Waals surface area contributed by atoms with Crippen molar-refractivity contribution in [1.82, 2.24) is 0 Å². The molecule has 0 aliphatic rings. The Kier molecular flexibility index (Phi) is 7.35. The molecule has 2 rings (SSSR count). The second-order valence-corrected chi connectivity index (χ2v) is 7.95. The van der Waals surface area contributed by atoms with Gasteiger partial charge in [-0.1, -0.05) is 32.4 Å². The van der Waals surface area contributed by atoms with Crippen molar-refractivity contribution in [2.24, 2.45) is 5.41 Å². The lowest BCUT2D eigenvalue weighted by atomic mass is 9.87. The number of ketones is 1. The number of benzene rings is 2. The lowest BCUT2D eigenvalue weighted by molar-refractivity contribution is -0.384. The summed E-state index contributed by atoms with van der Waals surface area (Å²) in [6.07, 6.45) is -1.57. The molecule has 0 aliphatic heterocycles. The summed E-state index contributed by atoms with van der Waals surface area (Å²) in [6.45, 7) is 4.87. The lowest BCUT2D eigenvalue weighted by Gasteiger charge is -2.25. The minimum Gasteiger partial charge on any atom is -0.473 e. The normalized spacial score (nSPS) is 11.9. The van der Waals surface area contributed by atoms with E-state index in [0.29, 0.717) is 0 Å². The van der Waals surface area contributed by atoms with Crippen LogP contribution in [0.3, 0.4) is 0 Å².